The number of hydrogen-bond acceptors (Lipinski definition) is 7. The van der Waals surface area contributed by atoms with E-state index < -0.39 is 10.8 Å². The normalized spacial score (nSPS) is 16.4. The van der Waals surface area contributed by atoms with Gasteiger partial charge in [0, 0.05) is 31.6 Å². The third-order valence-electron chi connectivity index (χ3n) is 3.15. The van der Waals surface area contributed by atoms with Crippen LogP contribution in [0.15, 0.2) is 20.7 Å². The Hall–Kier alpha value is -1.29. The summed E-state index contributed by atoms with van der Waals surface area (Å²) in [5, 5.41) is 0.604. The van der Waals surface area contributed by atoms with Crippen LogP contribution in [0.4, 0.5) is 4.79 Å². The average molecular weight is 348 g/mol. The van der Waals surface area contributed by atoms with Crippen LogP contribution in [0.2, 0.25) is 0 Å². The molecule has 0 radical (unpaired) electrons. The Morgan fingerprint density at radius 3 is 2.64 bits per heavy atom. The van der Waals surface area contributed by atoms with Crippen LogP contribution in [-0.4, -0.2) is 52.6 Å². The van der Waals surface area contributed by atoms with E-state index >= 15 is 0 Å². The van der Waals surface area contributed by atoms with Crippen molar-refractivity contribution in [2.45, 2.75) is 24.0 Å². The van der Waals surface area contributed by atoms with Gasteiger partial charge in [0.2, 0.25) is 0 Å². The maximum absolute atomic E-state index is 11.6. The summed E-state index contributed by atoms with van der Waals surface area (Å²) >= 11 is 1.16. The van der Waals surface area contributed by atoms with Gasteiger partial charge in [-0.05, 0) is 19.1 Å². The van der Waals surface area contributed by atoms with E-state index in [4.69, 9.17) is 9.47 Å². The van der Waals surface area contributed by atoms with Gasteiger partial charge in [-0.25, -0.2) is 4.79 Å². The smallest absolute Gasteiger partial charge is 0.409 e. The van der Waals surface area contributed by atoms with Crippen molar-refractivity contribution in [3.63, 3.8) is 0 Å². The number of amides is 1. The summed E-state index contributed by atoms with van der Waals surface area (Å²) in [5.41, 5.74) is 0.702. The largest absolute Gasteiger partial charge is 0.487 e. The second-order valence-corrected chi connectivity index (χ2v) is 7.60. The summed E-state index contributed by atoms with van der Waals surface area (Å²) in [6.07, 6.45) is 0.685. The molecule has 0 spiro atoms. The average Bonchev–Trinajstić information content (AvgIpc) is 2.98. The van der Waals surface area contributed by atoms with Crippen molar-refractivity contribution in [1.82, 2.24) is 4.90 Å². The highest BCUT2D eigenvalue weighted by Gasteiger charge is 2.24. The number of thiophene rings is 1. The van der Waals surface area contributed by atoms with Crippen LogP contribution in [0, 0.1) is 0 Å². The molecule has 0 unspecified atom stereocenters. The number of carbonyl (C=O) groups excluding carboxylic acids is 1. The first kappa shape index (κ1) is 17.1. The number of rotatable bonds is 4. The third kappa shape index (κ3) is 4.13. The Labute approximate surface area is 135 Å². The van der Waals surface area contributed by atoms with E-state index in [1.165, 1.54) is 7.11 Å². The number of methoxy groups -OCH3 is 1. The molecule has 1 aromatic heterocycles. The van der Waals surface area contributed by atoms with E-state index in [1.807, 2.05) is 0 Å². The van der Waals surface area contributed by atoms with Gasteiger partial charge in [-0.3, -0.25) is 9.11 Å². The highest BCUT2D eigenvalue weighted by Crippen LogP contribution is 2.54. The summed E-state index contributed by atoms with van der Waals surface area (Å²) in [5.74, 6) is 0. The highest BCUT2D eigenvalue weighted by molar-refractivity contribution is 8.24. The third-order valence-corrected chi connectivity index (χ3v) is 6.10. The van der Waals surface area contributed by atoms with Gasteiger partial charge >= 0.3 is 6.09 Å². The lowest BCUT2D eigenvalue weighted by Crippen LogP contribution is -2.39. The summed E-state index contributed by atoms with van der Waals surface area (Å²) in [6, 6.07) is 3.29. The molecular formula is C13H20N2O5S2. The maximum Gasteiger partial charge on any atom is 0.409 e. The predicted octanol–water partition coefficient (Wildman–Crippen LogP) is 3.47. The molecule has 2 rings (SSSR count). The van der Waals surface area contributed by atoms with Crippen molar-refractivity contribution < 1.29 is 23.4 Å². The second-order valence-electron chi connectivity index (χ2n) is 4.64. The Kier molecular flexibility index (Phi) is 5.68. The molecule has 0 atom stereocenters. The number of hydrogen-bond donors (Lipinski definition) is 2. The van der Waals surface area contributed by atoms with Crippen molar-refractivity contribution in [2.24, 2.45) is 4.40 Å². The highest BCUT2D eigenvalue weighted by atomic mass is 32.3. The zero-order chi connectivity index (χ0) is 16.2. The molecule has 1 fully saturated rings. The first-order valence-electron chi connectivity index (χ1n) is 6.87. The van der Waals surface area contributed by atoms with Gasteiger partial charge in [0.15, 0.2) is 5.06 Å². The van der Waals surface area contributed by atoms with Crippen molar-refractivity contribution in [1.29, 1.82) is 0 Å². The van der Waals surface area contributed by atoms with Gasteiger partial charge in [0.05, 0.1) is 13.7 Å². The number of ether oxygens (including phenoxy) is 2. The van der Waals surface area contributed by atoms with Crippen LogP contribution >= 0.6 is 22.1 Å². The fourth-order valence-electron chi connectivity index (χ4n) is 2.04. The zero-order valence-electron chi connectivity index (χ0n) is 12.5. The molecule has 7 nitrogen and oxygen atoms in total. The van der Waals surface area contributed by atoms with Crippen LogP contribution in [0.25, 0.3) is 0 Å². The minimum Gasteiger partial charge on any atom is -0.487 e. The molecule has 0 aromatic carbocycles. The lowest BCUT2D eigenvalue weighted by atomic mass is 10.1. The minimum atomic E-state index is -3.21. The second kappa shape index (κ2) is 7.32. The van der Waals surface area contributed by atoms with Crippen molar-refractivity contribution in [3.05, 3.63) is 12.1 Å². The standard InChI is InChI=1S/C13H20N2O5S2/c1-3-20-13(16)15-8-6-10(7-9-15)14-22(17,18)12-5-4-11(19-2)21-12/h4-5,17-18H,3,6-9H2,1-2H3. The Morgan fingerprint density at radius 2 is 2.09 bits per heavy atom. The number of nitrogens with zero attached hydrogens (tertiary/aromatic N) is 2. The van der Waals surface area contributed by atoms with Crippen molar-refractivity contribution in [2.75, 3.05) is 26.8 Å². The number of likely N-dealkylation sites (tertiary alicyclic amines) is 1. The summed E-state index contributed by atoms with van der Waals surface area (Å²) in [7, 11) is -1.68. The SMILES string of the molecule is CCOC(=O)N1CCC(=NS(O)(O)c2ccc(OC)s2)CC1. The maximum atomic E-state index is 11.6. The lowest BCUT2D eigenvalue weighted by molar-refractivity contribution is 0.107. The molecule has 22 heavy (non-hydrogen) atoms. The Morgan fingerprint density at radius 1 is 1.41 bits per heavy atom. The van der Waals surface area contributed by atoms with Gasteiger partial charge in [-0.1, -0.05) is 22.1 Å². The topological polar surface area (TPSA) is 91.6 Å². The molecule has 9 heteroatoms. The quantitative estimate of drug-likeness (QED) is 0.869. The van der Waals surface area contributed by atoms with Crippen molar-refractivity contribution >= 4 is 33.9 Å². The van der Waals surface area contributed by atoms with E-state index in [1.54, 1.807) is 24.0 Å². The van der Waals surface area contributed by atoms with Crippen LogP contribution in [-0.2, 0) is 4.74 Å². The van der Waals surface area contributed by atoms with E-state index in [9.17, 15) is 13.9 Å². The van der Waals surface area contributed by atoms with E-state index in [0.717, 1.165) is 11.3 Å². The van der Waals surface area contributed by atoms with Gasteiger partial charge in [0.1, 0.15) is 4.21 Å². The molecule has 124 valence electrons. The van der Waals surface area contributed by atoms with Crippen LogP contribution < -0.4 is 4.74 Å². The molecule has 2 N–H and O–H groups in total. The van der Waals surface area contributed by atoms with E-state index in [2.05, 4.69) is 4.40 Å². The van der Waals surface area contributed by atoms with Gasteiger partial charge < -0.3 is 14.4 Å². The number of carbonyl (C=O) groups is 1. The molecule has 1 aliphatic rings. The fourth-order valence-corrected chi connectivity index (χ4v) is 4.28. The van der Waals surface area contributed by atoms with Gasteiger partial charge in [-0.2, -0.15) is 4.40 Å². The van der Waals surface area contributed by atoms with Crippen LogP contribution in [0.1, 0.15) is 19.8 Å². The molecule has 1 saturated heterocycles. The first-order chi connectivity index (χ1) is 10.5. The number of piperidine rings is 1. The van der Waals surface area contributed by atoms with Crippen LogP contribution in [0.3, 0.4) is 0 Å². The zero-order valence-corrected chi connectivity index (χ0v) is 14.2. The lowest BCUT2D eigenvalue weighted by Gasteiger charge is -2.30. The molecule has 1 amide bonds. The van der Waals surface area contributed by atoms with E-state index in [-0.39, 0.29) is 6.09 Å². The van der Waals surface area contributed by atoms with E-state index in [0.29, 0.717) is 47.5 Å². The molecule has 0 saturated carbocycles. The molecule has 0 aliphatic carbocycles. The fraction of sp³-hybridized carbons (Fsp3) is 0.538. The predicted molar refractivity (Wildman–Crippen MR) is 87.2 cm³/mol. The Balaban J connectivity index is 2.00. The van der Waals surface area contributed by atoms with Crippen molar-refractivity contribution in [3.8, 4) is 5.06 Å². The monoisotopic (exact) mass is 348 g/mol. The molecular weight excluding hydrogens is 328 g/mol. The summed E-state index contributed by atoms with van der Waals surface area (Å²) in [4.78, 5) is 13.2. The summed E-state index contributed by atoms with van der Waals surface area (Å²) in [6.45, 7) is 3.05. The first-order valence-corrected chi connectivity index (χ1v) is 9.19. The summed E-state index contributed by atoms with van der Waals surface area (Å²) < 4.78 is 34.9. The minimum absolute atomic E-state index is 0.337. The molecule has 1 aliphatic heterocycles. The molecule has 2 heterocycles. The van der Waals surface area contributed by atoms with Gasteiger partial charge in [0.25, 0.3) is 0 Å². The van der Waals surface area contributed by atoms with Gasteiger partial charge in [-0.15, -0.1) is 0 Å². The Bertz CT molecular complexity index is 548. The molecule has 1 aromatic rings. The molecule has 0 bridgehead atoms. The van der Waals surface area contributed by atoms with Crippen LogP contribution in [0.5, 0.6) is 5.06 Å².